The Morgan fingerprint density at radius 3 is 2.57 bits per heavy atom. The van der Waals surface area contributed by atoms with E-state index in [9.17, 15) is 0 Å². The minimum atomic E-state index is 0.960. The van der Waals surface area contributed by atoms with Gasteiger partial charge in [0.15, 0.2) is 0 Å². The average Bonchev–Trinajstić information content (AvgIpc) is 3.07. The number of rotatable bonds is 5. The normalized spacial score (nSPS) is 16.1. The highest BCUT2D eigenvalue weighted by molar-refractivity contribution is 5.58. The summed E-state index contributed by atoms with van der Waals surface area (Å²) in [7, 11) is 1.74. The standard InChI is InChI=1S/C16H22N4O/c1-21-16-6-3-2-5-15(16)19-12-9-18(10-13-19)11-14-20-8-4-7-17-20/h2-8H,9-14H2,1H3. The molecule has 0 unspecified atom stereocenters. The molecule has 1 aliphatic rings. The first-order chi connectivity index (χ1) is 10.4. The van der Waals surface area contributed by atoms with E-state index in [0.717, 1.165) is 45.0 Å². The molecule has 2 heterocycles. The number of anilines is 1. The molecular formula is C16H22N4O. The van der Waals surface area contributed by atoms with Crippen molar-refractivity contribution in [3.8, 4) is 5.75 Å². The van der Waals surface area contributed by atoms with Crippen LogP contribution in [-0.2, 0) is 6.54 Å². The van der Waals surface area contributed by atoms with Gasteiger partial charge in [-0.05, 0) is 18.2 Å². The van der Waals surface area contributed by atoms with E-state index in [-0.39, 0.29) is 0 Å². The SMILES string of the molecule is COc1ccccc1N1CCN(CCn2cccn2)CC1. The summed E-state index contributed by atoms with van der Waals surface area (Å²) in [6.07, 6.45) is 3.85. The molecule has 0 bridgehead atoms. The molecule has 2 aromatic rings. The Labute approximate surface area is 125 Å². The van der Waals surface area contributed by atoms with Crippen LogP contribution in [0.2, 0.25) is 0 Å². The monoisotopic (exact) mass is 286 g/mol. The quantitative estimate of drug-likeness (QED) is 0.838. The first-order valence-corrected chi connectivity index (χ1v) is 7.44. The number of nitrogens with zero attached hydrogens (tertiary/aromatic N) is 4. The van der Waals surface area contributed by atoms with Gasteiger partial charge >= 0.3 is 0 Å². The molecule has 0 saturated carbocycles. The summed E-state index contributed by atoms with van der Waals surface area (Å²) in [4.78, 5) is 4.90. The number of hydrogen-bond donors (Lipinski definition) is 0. The van der Waals surface area contributed by atoms with Crippen LogP contribution in [-0.4, -0.2) is 54.5 Å². The van der Waals surface area contributed by atoms with Crippen LogP contribution < -0.4 is 9.64 Å². The third kappa shape index (κ3) is 3.36. The van der Waals surface area contributed by atoms with Gasteiger partial charge in [0.25, 0.3) is 0 Å². The zero-order valence-corrected chi connectivity index (χ0v) is 12.5. The third-order valence-electron chi connectivity index (χ3n) is 4.00. The number of piperazine rings is 1. The summed E-state index contributed by atoms with van der Waals surface area (Å²) >= 11 is 0. The highest BCUT2D eigenvalue weighted by atomic mass is 16.5. The largest absolute Gasteiger partial charge is 0.495 e. The van der Waals surface area contributed by atoms with Gasteiger partial charge in [0.05, 0.1) is 19.3 Å². The molecule has 0 N–H and O–H groups in total. The average molecular weight is 286 g/mol. The van der Waals surface area contributed by atoms with Gasteiger partial charge in [-0.15, -0.1) is 0 Å². The molecule has 5 nitrogen and oxygen atoms in total. The second-order valence-corrected chi connectivity index (χ2v) is 5.27. The molecule has 5 heteroatoms. The molecule has 1 saturated heterocycles. The van der Waals surface area contributed by atoms with Crippen LogP contribution in [0.5, 0.6) is 5.75 Å². The molecule has 1 aromatic heterocycles. The first-order valence-electron chi connectivity index (χ1n) is 7.44. The summed E-state index contributed by atoms with van der Waals surface area (Å²) in [5.74, 6) is 0.961. The molecule has 0 spiro atoms. The van der Waals surface area contributed by atoms with Gasteiger partial charge < -0.3 is 9.64 Å². The van der Waals surface area contributed by atoms with Gasteiger partial charge in [-0.3, -0.25) is 9.58 Å². The molecule has 0 atom stereocenters. The van der Waals surface area contributed by atoms with E-state index in [1.807, 2.05) is 35.3 Å². The van der Waals surface area contributed by atoms with Crippen LogP contribution >= 0.6 is 0 Å². The summed E-state index contributed by atoms with van der Waals surface area (Å²) in [6.45, 7) is 6.26. The first kappa shape index (κ1) is 13.9. The van der Waals surface area contributed by atoms with Gasteiger partial charge in [0.1, 0.15) is 5.75 Å². The van der Waals surface area contributed by atoms with E-state index in [0.29, 0.717) is 0 Å². The highest BCUT2D eigenvalue weighted by Crippen LogP contribution is 2.28. The Morgan fingerprint density at radius 1 is 1.05 bits per heavy atom. The van der Waals surface area contributed by atoms with Gasteiger partial charge in [-0.25, -0.2) is 0 Å². The minimum Gasteiger partial charge on any atom is -0.495 e. The molecule has 3 rings (SSSR count). The van der Waals surface area contributed by atoms with Crippen LogP contribution in [0.15, 0.2) is 42.7 Å². The van der Waals surface area contributed by atoms with Crippen molar-refractivity contribution >= 4 is 5.69 Å². The van der Waals surface area contributed by atoms with E-state index < -0.39 is 0 Å². The zero-order chi connectivity index (χ0) is 14.5. The highest BCUT2D eigenvalue weighted by Gasteiger charge is 2.19. The number of hydrogen-bond acceptors (Lipinski definition) is 4. The lowest BCUT2D eigenvalue weighted by Crippen LogP contribution is -2.47. The number of aromatic nitrogens is 2. The predicted molar refractivity (Wildman–Crippen MR) is 83.9 cm³/mol. The maximum absolute atomic E-state index is 5.45. The Bertz CT molecular complexity index is 547. The summed E-state index contributed by atoms with van der Waals surface area (Å²) in [6, 6.07) is 10.2. The maximum atomic E-state index is 5.45. The predicted octanol–water partition coefficient (Wildman–Crippen LogP) is 1.71. The van der Waals surface area contributed by atoms with Crippen molar-refractivity contribution in [3.63, 3.8) is 0 Å². The summed E-state index contributed by atoms with van der Waals surface area (Å²) in [5.41, 5.74) is 1.20. The van der Waals surface area contributed by atoms with Crippen molar-refractivity contribution in [2.45, 2.75) is 6.54 Å². The van der Waals surface area contributed by atoms with Gasteiger partial charge in [-0.2, -0.15) is 5.10 Å². The number of ether oxygens (including phenoxy) is 1. The molecule has 0 aliphatic carbocycles. The van der Waals surface area contributed by atoms with Crippen molar-refractivity contribution < 1.29 is 4.74 Å². The molecule has 21 heavy (non-hydrogen) atoms. The minimum absolute atomic E-state index is 0.960. The second-order valence-electron chi connectivity index (χ2n) is 5.27. The number of benzene rings is 1. The fourth-order valence-corrected chi connectivity index (χ4v) is 2.78. The molecular weight excluding hydrogens is 264 g/mol. The third-order valence-corrected chi connectivity index (χ3v) is 4.00. The van der Waals surface area contributed by atoms with Gasteiger partial charge in [0.2, 0.25) is 0 Å². The van der Waals surface area contributed by atoms with Crippen molar-refractivity contribution in [1.29, 1.82) is 0 Å². The maximum Gasteiger partial charge on any atom is 0.142 e. The van der Waals surface area contributed by atoms with Crippen LogP contribution in [0.1, 0.15) is 0 Å². The number of para-hydroxylation sites is 2. The lowest BCUT2D eigenvalue weighted by Gasteiger charge is -2.36. The van der Waals surface area contributed by atoms with E-state index >= 15 is 0 Å². The Kier molecular flexibility index (Phi) is 4.40. The summed E-state index contributed by atoms with van der Waals surface area (Å²) in [5, 5.41) is 4.25. The smallest absolute Gasteiger partial charge is 0.142 e. The molecule has 1 aromatic carbocycles. The fourth-order valence-electron chi connectivity index (χ4n) is 2.78. The van der Waals surface area contributed by atoms with E-state index in [4.69, 9.17) is 4.74 Å². The lowest BCUT2D eigenvalue weighted by atomic mass is 10.2. The summed E-state index contributed by atoms with van der Waals surface area (Å²) < 4.78 is 7.45. The molecule has 1 fully saturated rings. The van der Waals surface area contributed by atoms with Crippen molar-refractivity contribution in [2.75, 3.05) is 44.7 Å². The van der Waals surface area contributed by atoms with Crippen LogP contribution in [0.3, 0.4) is 0 Å². The van der Waals surface area contributed by atoms with Crippen molar-refractivity contribution in [2.24, 2.45) is 0 Å². The van der Waals surface area contributed by atoms with Crippen LogP contribution in [0.25, 0.3) is 0 Å². The molecule has 0 amide bonds. The Balaban J connectivity index is 1.53. The van der Waals surface area contributed by atoms with Crippen molar-refractivity contribution in [1.82, 2.24) is 14.7 Å². The number of methoxy groups -OCH3 is 1. The van der Waals surface area contributed by atoms with Crippen LogP contribution in [0.4, 0.5) is 5.69 Å². The zero-order valence-electron chi connectivity index (χ0n) is 12.5. The fraction of sp³-hybridized carbons (Fsp3) is 0.438. The van der Waals surface area contributed by atoms with Gasteiger partial charge in [0, 0.05) is 45.1 Å². The van der Waals surface area contributed by atoms with Gasteiger partial charge in [-0.1, -0.05) is 12.1 Å². The van der Waals surface area contributed by atoms with E-state index in [1.165, 1.54) is 5.69 Å². The molecule has 112 valence electrons. The second kappa shape index (κ2) is 6.63. The van der Waals surface area contributed by atoms with E-state index in [2.05, 4.69) is 27.0 Å². The van der Waals surface area contributed by atoms with E-state index in [1.54, 1.807) is 7.11 Å². The Hall–Kier alpha value is -2.01. The topological polar surface area (TPSA) is 33.5 Å². The molecule has 1 aliphatic heterocycles. The van der Waals surface area contributed by atoms with Crippen molar-refractivity contribution in [3.05, 3.63) is 42.7 Å². The van der Waals surface area contributed by atoms with Crippen LogP contribution in [0, 0.1) is 0 Å². The molecule has 0 radical (unpaired) electrons. The Morgan fingerprint density at radius 2 is 1.86 bits per heavy atom. The lowest BCUT2D eigenvalue weighted by molar-refractivity contribution is 0.244.